The summed E-state index contributed by atoms with van der Waals surface area (Å²) >= 11 is 0. The molecule has 98 valence electrons. The van der Waals surface area contributed by atoms with Gasteiger partial charge in [-0.2, -0.15) is 0 Å². The second kappa shape index (κ2) is 5.72. The van der Waals surface area contributed by atoms with Crippen LogP contribution in [-0.2, 0) is 6.42 Å². The van der Waals surface area contributed by atoms with Gasteiger partial charge in [-0.1, -0.05) is 0 Å². The van der Waals surface area contributed by atoms with Gasteiger partial charge in [-0.15, -0.1) is 12.4 Å². The van der Waals surface area contributed by atoms with Gasteiger partial charge in [0.2, 0.25) is 0 Å². The lowest BCUT2D eigenvalue weighted by atomic mass is 9.91. The molecule has 0 aliphatic carbocycles. The number of halogens is 2. The SMILES string of the molecule is Cl.Fc1ccc2c(CC3CCNCC3)coc2c1. The molecular weight excluding hydrogens is 253 g/mol. The average molecular weight is 270 g/mol. The summed E-state index contributed by atoms with van der Waals surface area (Å²) < 4.78 is 18.5. The minimum atomic E-state index is -0.236. The van der Waals surface area contributed by atoms with Crippen molar-refractivity contribution >= 4 is 23.4 Å². The van der Waals surface area contributed by atoms with Gasteiger partial charge in [0.25, 0.3) is 0 Å². The second-order valence-electron chi connectivity index (χ2n) is 4.80. The number of fused-ring (bicyclic) bond motifs is 1. The minimum absolute atomic E-state index is 0. The first-order chi connectivity index (χ1) is 8.33. The Hall–Kier alpha value is -1.06. The van der Waals surface area contributed by atoms with Crippen molar-refractivity contribution in [1.29, 1.82) is 0 Å². The van der Waals surface area contributed by atoms with Crippen molar-refractivity contribution in [2.45, 2.75) is 19.3 Å². The van der Waals surface area contributed by atoms with Crippen molar-refractivity contribution in [2.24, 2.45) is 5.92 Å². The maximum atomic E-state index is 13.0. The van der Waals surface area contributed by atoms with Crippen LogP contribution in [0.1, 0.15) is 18.4 Å². The number of piperidine rings is 1. The molecule has 0 saturated carbocycles. The molecule has 1 N–H and O–H groups in total. The van der Waals surface area contributed by atoms with E-state index in [1.165, 1.54) is 30.5 Å². The summed E-state index contributed by atoms with van der Waals surface area (Å²) in [6.07, 6.45) is 5.26. The Morgan fingerprint density at radius 1 is 1.28 bits per heavy atom. The van der Waals surface area contributed by atoms with Crippen LogP contribution in [-0.4, -0.2) is 13.1 Å². The number of rotatable bonds is 2. The van der Waals surface area contributed by atoms with Crippen LogP contribution >= 0.6 is 12.4 Å². The highest BCUT2D eigenvalue weighted by Gasteiger charge is 2.16. The summed E-state index contributed by atoms with van der Waals surface area (Å²) in [6.45, 7) is 2.21. The summed E-state index contributed by atoms with van der Waals surface area (Å²) in [5.74, 6) is 0.488. The van der Waals surface area contributed by atoms with Crippen LogP contribution < -0.4 is 5.32 Å². The van der Waals surface area contributed by atoms with Gasteiger partial charge >= 0.3 is 0 Å². The van der Waals surface area contributed by atoms with E-state index in [-0.39, 0.29) is 18.2 Å². The van der Waals surface area contributed by atoms with Crippen LogP contribution in [0.3, 0.4) is 0 Å². The zero-order valence-corrected chi connectivity index (χ0v) is 10.9. The van der Waals surface area contributed by atoms with Crippen molar-refractivity contribution in [3.8, 4) is 0 Å². The van der Waals surface area contributed by atoms with E-state index in [0.717, 1.165) is 30.8 Å². The molecule has 2 heterocycles. The Morgan fingerprint density at radius 3 is 2.83 bits per heavy atom. The standard InChI is InChI=1S/C14H16FNO.ClH/c15-12-1-2-13-11(9-17-14(13)8-12)7-10-3-5-16-6-4-10;/h1-2,8-10,16H,3-7H2;1H. The molecule has 0 unspecified atom stereocenters. The maximum absolute atomic E-state index is 13.0. The number of hydrogen-bond acceptors (Lipinski definition) is 2. The van der Waals surface area contributed by atoms with E-state index < -0.39 is 0 Å². The minimum Gasteiger partial charge on any atom is -0.464 e. The third-order valence-electron chi connectivity index (χ3n) is 3.59. The van der Waals surface area contributed by atoms with Crippen LogP contribution in [0.25, 0.3) is 11.0 Å². The summed E-state index contributed by atoms with van der Waals surface area (Å²) in [5, 5.41) is 4.43. The van der Waals surface area contributed by atoms with Crippen molar-refractivity contribution in [3.63, 3.8) is 0 Å². The van der Waals surface area contributed by atoms with Gasteiger partial charge < -0.3 is 9.73 Å². The summed E-state index contributed by atoms with van der Waals surface area (Å²) in [4.78, 5) is 0. The van der Waals surface area contributed by atoms with Gasteiger partial charge in [0.15, 0.2) is 0 Å². The van der Waals surface area contributed by atoms with E-state index in [2.05, 4.69) is 5.32 Å². The van der Waals surface area contributed by atoms with Crippen molar-refractivity contribution in [1.82, 2.24) is 5.32 Å². The predicted octanol–water partition coefficient (Wildman–Crippen LogP) is 3.54. The van der Waals surface area contributed by atoms with E-state index in [0.29, 0.717) is 5.58 Å². The fourth-order valence-electron chi connectivity index (χ4n) is 2.61. The van der Waals surface area contributed by atoms with Gasteiger partial charge in [0.05, 0.1) is 6.26 Å². The predicted molar refractivity (Wildman–Crippen MR) is 72.7 cm³/mol. The topological polar surface area (TPSA) is 25.2 Å². The smallest absolute Gasteiger partial charge is 0.137 e. The molecule has 0 atom stereocenters. The maximum Gasteiger partial charge on any atom is 0.137 e. The molecule has 1 aliphatic heterocycles. The normalized spacial score (nSPS) is 16.7. The molecule has 3 rings (SSSR count). The molecule has 0 spiro atoms. The lowest BCUT2D eigenvalue weighted by Gasteiger charge is -2.21. The van der Waals surface area contributed by atoms with Crippen LogP contribution in [0.5, 0.6) is 0 Å². The van der Waals surface area contributed by atoms with E-state index >= 15 is 0 Å². The Bertz CT molecular complexity index is 519. The summed E-state index contributed by atoms with van der Waals surface area (Å²) in [7, 11) is 0. The first-order valence-corrected chi connectivity index (χ1v) is 6.19. The van der Waals surface area contributed by atoms with Crippen molar-refractivity contribution in [2.75, 3.05) is 13.1 Å². The van der Waals surface area contributed by atoms with Crippen LogP contribution in [0, 0.1) is 11.7 Å². The number of hydrogen-bond donors (Lipinski definition) is 1. The van der Waals surface area contributed by atoms with Gasteiger partial charge in [-0.3, -0.25) is 0 Å². The molecule has 0 radical (unpaired) electrons. The van der Waals surface area contributed by atoms with Crippen molar-refractivity contribution in [3.05, 3.63) is 35.8 Å². The molecule has 1 aromatic heterocycles. The summed E-state index contributed by atoms with van der Waals surface area (Å²) in [5.41, 5.74) is 1.88. The largest absolute Gasteiger partial charge is 0.464 e. The highest BCUT2D eigenvalue weighted by Crippen LogP contribution is 2.26. The Labute approximate surface area is 112 Å². The van der Waals surface area contributed by atoms with Gasteiger partial charge in [0.1, 0.15) is 11.4 Å². The molecule has 1 fully saturated rings. The lowest BCUT2D eigenvalue weighted by molar-refractivity contribution is 0.372. The van der Waals surface area contributed by atoms with E-state index in [1.54, 1.807) is 6.26 Å². The second-order valence-corrected chi connectivity index (χ2v) is 4.80. The quantitative estimate of drug-likeness (QED) is 0.902. The van der Waals surface area contributed by atoms with E-state index in [9.17, 15) is 4.39 Å². The first kappa shape index (κ1) is 13.4. The Balaban J connectivity index is 0.00000120. The molecule has 1 aromatic carbocycles. The Morgan fingerprint density at radius 2 is 2.06 bits per heavy atom. The van der Waals surface area contributed by atoms with Gasteiger partial charge in [-0.25, -0.2) is 4.39 Å². The summed E-state index contributed by atoms with van der Waals surface area (Å²) in [6, 6.07) is 4.79. The molecule has 1 aliphatic rings. The molecule has 2 aromatic rings. The highest BCUT2D eigenvalue weighted by atomic mass is 35.5. The number of nitrogens with one attached hydrogen (secondary N) is 1. The highest BCUT2D eigenvalue weighted by molar-refractivity contribution is 5.85. The fraction of sp³-hybridized carbons (Fsp3) is 0.429. The zero-order valence-electron chi connectivity index (χ0n) is 10.1. The van der Waals surface area contributed by atoms with Gasteiger partial charge in [-0.05, 0) is 56.0 Å². The Kier molecular flexibility index (Phi) is 4.25. The molecule has 4 heteroatoms. The molecular formula is C14H17ClFNO. The molecule has 18 heavy (non-hydrogen) atoms. The third-order valence-corrected chi connectivity index (χ3v) is 3.59. The first-order valence-electron chi connectivity index (χ1n) is 6.19. The fourth-order valence-corrected chi connectivity index (χ4v) is 2.61. The van der Waals surface area contributed by atoms with E-state index in [1.807, 2.05) is 6.07 Å². The molecule has 0 amide bonds. The van der Waals surface area contributed by atoms with Crippen LogP contribution in [0.2, 0.25) is 0 Å². The number of furan rings is 1. The monoisotopic (exact) mass is 269 g/mol. The van der Waals surface area contributed by atoms with Gasteiger partial charge in [0, 0.05) is 11.5 Å². The van der Waals surface area contributed by atoms with E-state index in [4.69, 9.17) is 4.42 Å². The van der Waals surface area contributed by atoms with Crippen LogP contribution in [0.4, 0.5) is 4.39 Å². The average Bonchev–Trinajstić information content (AvgIpc) is 2.73. The lowest BCUT2D eigenvalue weighted by Crippen LogP contribution is -2.28. The molecule has 1 saturated heterocycles. The third kappa shape index (κ3) is 2.68. The van der Waals surface area contributed by atoms with Crippen molar-refractivity contribution < 1.29 is 8.81 Å². The zero-order chi connectivity index (χ0) is 11.7. The molecule has 0 bridgehead atoms. The van der Waals surface area contributed by atoms with Crippen LogP contribution in [0.15, 0.2) is 28.9 Å². The number of benzene rings is 1. The molecule has 2 nitrogen and oxygen atoms in total.